The quantitative estimate of drug-likeness (QED) is 0.140. The molecule has 0 spiro atoms. The summed E-state index contributed by atoms with van der Waals surface area (Å²) in [5, 5.41) is 8.72. The molecule has 5 amide bonds. The van der Waals surface area contributed by atoms with Gasteiger partial charge in [-0.25, -0.2) is 22.9 Å². The van der Waals surface area contributed by atoms with Gasteiger partial charge in [0.05, 0.1) is 31.5 Å². The van der Waals surface area contributed by atoms with Crippen molar-refractivity contribution in [2.24, 2.45) is 11.8 Å². The van der Waals surface area contributed by atoms with E-state index < -0.39 is 47.6 Å². The lowest BCUT2D eigenvalue weighted by Gasteiger charge is -2.39. The minimum Gasteiger partial charge on any atom is -0.381 e. The van der Waals surface area contributed by atoms with E-state index in [-0.39, 0.29) is 75.4 Å². The summed E-state index contributed by atoms with van der Waals surface area (Å²) in [5.41, 5.74) is 1.11. The van der Waals surface area contributed by atoms with Crippen molar-refractivity contribution in [3.05, 3.63) is 89.9 Å². The maximum atomic E-state index is 15.2. The molecule has 3 aliphatic heterocycles. The van der Waals surface area contributed by atoms with Crippen LogP contribution in [-0.2, 0) is 30.4 Å². The molecule has 3 aliphatic rings. The van der Waals surface area contributed by atoms with E-state index in [1.54, 1.807) is 11.1 Å². The number of amides is 5. The number of halogens is 3. The van der Waals surface area contributed by atoms with Crippen LogP contribution in [0.1, 0.15) is 36.7 Å². The fraction of sp³-hybridized carbons (Fsp3) is 0.462. The molecular weight excluding hydrogens is 719 g/mol. The summed E-state index contributed by atoms with van der Waals surface area (Å²) in [6, 6.07) is 11.6. The second kappa shape index (κ2) is 19.0. The molecule has 294 valence electrons. The first-order valence-corrected chi connectivity index (χ1v) is 18.6. The molecular formula is C39H46F3N7O6. The summed E-state index contributed by atoms with van der Waals surface area (Å²) in [7, 11) is 0. The Morgan fingerprint density at radius 3 is 2.47 bits per heavy atom. The number of ether oxygens (including phenoxy) is 2. The second-order valence-electron chi connectivity index (χ2n) is 13.8. The molecule has 2 aromatic carbocycles. The maximum absolute atomic E-state index is 15.2. The first-order valence-electron chi connectivity index (χ1n) is 18.6. The van der Waals surface area contributed by atoms with Crippen molar-refractivity contribution in [3.63, 3.8) is 0 Å². The summed E-state index contributed by atoms with van der Waals surface area (Å²) in [5.74, 6) is -2.62. The molecule has 0 radical (unpaired) electrons. The number of hydrogen-bond acceptors (Lipinski definition) is 8. The molecule has 6 rings (SSSR count). The van der Waals surface area contributed by atoms with Gasteiger partial charge in [-0.3, -0.25) is 19.3 Å². The van der Waals surface area contributed by atoms with Crippen LogP contribution in [0.5, 0.6) is 0 Å². The molecule has 3 atom stereocenters. The molecule has 2 fully saturated rings. The second-order valence-corrected chi connectivity index (χ2v) is 13.8. The number of benzene rings is 2. The van der Waals surface area contributed by atoms with Crippen LogP contribution < -0.4 is 16.0 Å². The van der Waals surface area contributed by atoms with Gasteiger partial charge in [-0.05, 0) is 42.5 Å². The van der Waals surface area contributed by atoms with Crippen molar-refractivity contribution in [1.82, 2.24) is 35.3 Å². The Kier molecular flexibility index (Phi) is 13.7. The van der Waals surface area contributed by atoms with Crippen LogP contribution >= 0.6 is 0 Å². The normalized spacial score (nSPS) is 19.2. The Bertz CT molecular complexity index is 1820. The smallest absolute Gasteiger partial charge is 0.318 e. The van der Waals surface area contributed by atoms with E-state index in [0.29, 0.717) is 45.0 Å². The van der Waals surface area contributed by atoms with Gasteiger partial charge in [0.25, 0.3) is 11.8 Å². The van der Waals surface area contributed by atoms with Crippen molar-refractivity contribution >= 4 is 23.8 Å². The Morgan fingerprint density at radius 2 is 1.75 bits per heavy atom. The van der Waals surface area contributed by atoms with Gasteiger partial charge in [0.1, 0.15) is 23.6 Å². The zero-order valence-corrected chi connectivity index (χ0v) is 30.4. The number of imidazole rings is 1. The standard InChI is InChI=1S/C39H46F3N7O6/c40-29-6-7-31(41)30(20-29)33-25-47(23-26-4-2-1-3-5-26)38(46-33)37(27-10-16-54-17-11-27)49(24-28-21-43-22-32(28)42)39(53)45-14-13-44-34(50)12-18-55-19-15-48-35(51)8-9-36(48)52/h1-9,20,25,27-28,32,37,43H,10-19,21-24H2,(H,44,50)(H,45,53)/t28-,32-,37+/m0/s1. The minimum absolute atomic E-state index is 0.0196. The first kappa shape index (κ1) is 39.6. The summed E-state index contributed by atoms with van der Waals surface area (Å²) in [4.78, 5) is 57.7. The van der Waals surface area contributed by atoms with Crippen LogP contribution in [-0.4, -0.2) is 115 Å². The van der Waals surface area contributed by atoms with Gasteiger partial charge >= 0.3 is 6.03 Å². The van der Waals surface area contributed by atoms with E-state index >= 15 is 8.78 Å². The van der Waals surface area contributed by atoms with Crippen LogP contribution in [0.2, 0.25) is 0 Å². The number of urea groups is 1. The third-order valence-electron chi connectivity index (χ3n) is 10.0. The summed E-state index contributed by atoms with van der Waals surface area (Å²) >= 11 is 0. The number of aromatic nitrogens is 2. The van der Waals surface area contributed by atoms with Crippen molar-refractivity contribution < 1.29 is 41.8 Å². The van der Waals surface area contributed by atoms with Crippen LogP contribution in [0.3, 0.4) is 0 Å². The first-order chi connectivity index (χ1) is 26.7. The maximum Gasteiger partial charge on any atom is 0.318 e. The van der Waals surface area contributed by atoms with E-state index in [1.165, 1.54) is 12.2 Å². The number of hydrogen-bond donors (Lipinski definition) is 3. The predicted octanol–water partition coefficient (Wildman–Crippen LogP) is 3.36. The van der Waals surface area contributed by atoms with Crippen LogP contribution in [0, 0.1) is 23.5 Å². The zero-order valence-electron chi connectivity index (χ0n) is 30.4. The average molecular weight is 766 g/mol. The molecule has 3 aromatic rings. The molecule has 13 nitrogen and oxygen atoms in total. The Morgan fingerprint density at radius 1 is 1.00 bits per heavy atom. The number of imide groups is 1. The fourth-order valence-corrected chi connectivity index (χ4v) is 7.12. The van der Waals surface area contributed by atoms with Crippen molar-refractivity contribution in [2.45, 2.75) is 38.0 Å². The predicted molar refractivity (Wildman–Crippen MR) is 195 cm³/mol. The third kappa shape index (κ3) is 10.4. The highest BCUT2D eigenvalue weighted by atomic mass is 19.1. The Labute approximate surface area is 317 Å². The van der Waals surface area contributed by atoms with Gasteiger partial charge in [0.15, 0.2) is 0 Å². The Balaban J connectivity index is 1.19. The molecule has 0 saturated carbocycles. The zero-order chi connectivity index (χ0) is 38.7. The monoisotopic (exact) mass is 765 g/mol. The van der Waals surface area contributed by atoms with Crippen molar-refractivity contribution in [3.8, 4) is 11.3 Å². The highest BCUT2D eigenvalue weighted by molar-refractivity contribution is 6.12. The van der Waals surface area contributed by atoms with Gasteiger partial charge in [0.2, 0.25) is 5.91 Å². The molecule has 3 N–H and O–H groups in total. The van der Waals surface area contributed by atoms with E-state index in [0.717, 1.165) is 28.7 Å². The summed E-state index contributed by atoms with van der Waals surface area (Å²) in [6.07, 6.45) is 4.04. The lowest BCUT2D eigenvalue weighted by atomic mass is 9.89. The molecule has 4 heterocycles. The fourth-order valence-electron chi connectivity index (χ4n) is 7.12. The van der Waals surface area contributed by atoms with E-state index in [2.05, 4.69) is 16.0 Å². The number of carbonyl (C=O) groups is 4. The molecule has 0 bridgehead atoms. The third-order valence-corrected chi connectivity index (χ3v) is 10.0. The number of nitrogens with one attached hydrogen (secondary N) is 3. The molecule has 16 heteroatoms. The minimum atomic E-state index is -1.19. The van der Waals surface area contributed by atoms with Crippen molar-refractivity contribution in [2.75, 3.05) is 65.7 Å². The van der Waals surface area contributed by atoms with Crippen molar-refractivity contribution in [1.29, 1.82) is 0 Å². The van der Waals surface area contributed by atoms with E-state index in [9.17, 15) is 23.6 Å². The molecule has 0 aliphatic carbocycles. The Hall–Kier alpha value is -5.06. The highest BCUT2D eigenvalue weighted by Gasteiger charge is 2.40. The van der Waals surface area contributed by atoms with Gasteiger partial charge in [-0.15, -0.1) is 0 Å². The summed E-state index contributed by atoms with van der Waals surface area (Å²) in [6.45, 7) is 2.20. The lowest BCUT2D eigenvalue weighted by Crippen LogP contribution is -2.50. The molecule has 1 aromatic heterocycles. The molecule has 2 saturated heterocycles. The number of carbonyl (C=O) groups excluding carboxylic acids is 4. The summed E-state index contributed by atoms with van der Waals surface area (Å²) < 4.78 is 57.8. The lowest BCUT2D eigenvalue weighted by molar-refractivity contribution is -0.138. The topological polar surface area (TPSA) is 147 Å². The van der Waals surface area contributed by atoms with E-state index in [1.807, 2.05) is 34.9 Å². The SMILES string of the molecule is O=C(CCOCCN1C(=O)C=CC1=O)NCCNC(=O)N(C[C@@H]1CNC[C@@H]1F)[C@@H](c1nc(-c2cc(F)ccc2F)cn1Cc1ccccc1)C1CCOCC1. The average Bonchev–Trinajstić information content (AvgIpc) is 3.89. The molecule has 55 heavy (non-hydrogen) atoms. The number of nitrogens with zero attached hydrogens (tertiary/aromatic N) is 4. The number of alkyl halides is 1. The van der Waals surface area contributed by atoms with E-state index in [4.69, 9.17) is 14.5 Å². The largest absolute Gasteiger partial charge is 0.381 e. The van der Waals surface area contributed by atoms with Crippen LogP contribution in [0.15, 0.2) is 66.9 Å². The van der Waals surface area contributed by atoms with Gasteiger partial charge in [0, 0.05) is 88.7 Å². The number of rotatable bonds is 17. The van der Waals surface area contributed by atoms with Gasteiger partial charge in [-0.1, -0.05) is 30.3 Å². The highest BCUT2D eigenvalue weighted by Crippen LogP contribution is 2.38. The van der Waals surface area contributed by atoms with Crippen LogP contribution in [0.4, 0.5) is 18.0 Å². The molecule has 0 unspecified atom stereocenters. The van der Waals surface area contributed by atoms with Gasteiger partial charge in [-0.2, -0.15) is 0 Å². The van der Waals surface area contributed by atoms with Gasteiger partial charge < -0.3 is 34.9 Å². The van der Waals surface area contributed by atoms with Crippen LogP contribution in [0.25, 0.3) is 11.3 Å².